The van der Waals surface area contributed by atoms with Gasteiger partial charge in [-0.25, -0.2) is 8.42 Å². The highest BCUT2D eigenvalue weighted by atomic mass is 35.7. The molecule has 0 aliphatic rings. The van der Waals surface area contributed by atoms with Gasteiger partial charge >= 0.3 is 0 Å². The van der Waals surface area contributed by atoms with Crippen molar-refractivity contribution in [2.24, 2.45) is 7.05 Å². The second-order valence-electron chi connectivity index (χ2n) is 3.26. The smallest absolute Gasteiger partial charge is 0.266 e. The predicted molar refractivity (Wildman–Crippen MR) is 56.5 cm³/mol. The molecule has 0 N–H and O–H groups in total. The van der Waals surface area contributed by atoms with Gasteiger partial charge in [0.25, 0.3) is 9.05 Å². The number of halogens is 1. The average Bonchev–Trinajstić information content (AvgIpc) is 2.69. The van der Waals surface area contributed by atoms with Gasteiger partial charge in [-0.1, -0.05) is 5.16 Å². The van der Waals surface area contributed by atoms with Gasteiger partial charge < -0.3 is 4.52 Å². The predicted octanol–water partition coefficient (Wildman–Crippen LogP) is 1.31. The molecule has 2 aromatic heterocycles. The molecule has 0 saturated carbocycles. The molecule has 16 heavy (non-hydrogen) atoms. The second-order valence-corrected chi connectivity index (χ2v) is 5.79. The van der Waals surface area contributed by atoms with E-state index in [9.17, 15) is 8.42 Å². The van der Waals surface area contributed by atoms with E-state index >= 15 is 0 Å². The van der Waals surface area contributed by atoms with E-state index in [1.54, 1.807) is 24.9 Å². The van der Waals surface area contributed by atoms with Gasteiger partial charge in [0.2, 0.25) is 0 Å². The largest absolute Gasteiger partial charge is 0.355 e. The van der Waals surface area contributed by atoms with Crippen LogP contribution in [0.4, 0.5) is 0 Å². The van der Waals surface area contributed by atoms with Crippen molar-refractivity contribution < 1.29 is 12.9 Å². The van der Waals surface area contributed by atoms with Crippen molar-refractivity contribution in [2.75, 3.05) is 0 Å². The standard InChI is InChI=1S/C8H8ClN3O3S/c1-5-6(4-12(2)11-5)8-7(3-10-15-8)16(9,13)14/h3-4H,1-2H3. The Morgan fingerprint density at radius 1 is 1.50 bits per heavy atom. The summed E-state index contributed by atoms with van der Waals surface area (Å²) in [6, 6.07) is 0. The average molecular weight is 262 g/mol. The van der Waals surface area contributed by atoms with Crippen LogP contribution < -0.4 is 0 Å². The number of aromatic nitrogens is 3. The van der Waals surface area contributed by atoms with Crippen molar-refractivity contribution in [2.45, 2.75) is 11.8 Å². The third kappa shape index (κ3) is 1.83. The van der Waals surface area contributed by atoms with E-state index in [1.165, 1.54) is 0 Å². The number of rotatable bonds is 2. The Morgan fingerprint density at radius 3 is 2.69 bits per heavy atom. The molecule has 0 atom stereocenters. The van der Waals surface area contributed by atoms with Gasteiger partial charge in [0, 0.05) is 23.9 Å². The molecule has 2 rings (SSSR count). The van der Waals surface area contributed by atoms with Crippen LogP contribution in [0.1, 0.15) is 5.69 Å². The molecule has 0 amide bonds. The Morgan fingerprint density at radius 2 is 2.19 bits per heavy atom. The zero-order chi connectivity index (χ0) is 11.9. The second kappa shape index (κ2) is 3.60. The summed E-state index contributed by atoms with van der Waals surface area (Å²) in [5, 5.41) is 7.52. The first-order valence-electron chi connectivity index (χ1n) is 4.29. The molecular formula is C8H8ClN3O3S. The number of aryl methyl sites for hydroxylation is 2. The fourth-order valence-electron chi connectivity index (χ4n) is 1.41. The van der Waals surface area contributed by atoms with Crippen molar-refractivity contribution in [1.82, 2.24) is 14.9 Å². The SMILES string of the molecule is Cc1nn(C)cc1-c1oncc1S(=O)(=O)Cl. The molecule has 8 heteroatoms. The van der Waals surface area contributed by atoms with E-state index < -0.39 is 9.05 Å². The van der Waals surface area contributed by atoms with Gasteiger partial charge in [-0.15, -0.1) is 0 Å². The van der Waals surface area contributed by atoms with Crippen LogP contribution in [0, 0.1) is 6.92 Å². The molecule has 0 fully saturated rings. The molecule has 2 aromatic rings. The lowest BCUT2D eigenvalue weighted by Crippen LogP contribution is -1.90. The lowest BCUT2D eigenvalue weighted by Gasteiger charge is -1.94. The van der Waals surface area contributed by atoms with Crippen LogP contribution in [-0.4, -0.2) is 23.4 Å². The minimum absolute atomic E-state index is 0.112. The first kappa shape index (κ1) is 11.2. The summed E-state index contributed by atoms with van der Waals surface area (Å²) in [7, 11) is 3.12. The van der Waals surface area contributed by atoms with Crippen LogP contribution in [-0.2, 0) is 16.1 Å². The van der Waals surface area contributed by atoms with Gasteiger partial charge in [0.15, 0.2) is 10.7 Å². The number of hydrogen-bond donors (Lipinski definition) is 0. The van der Waals surface area contributed by atoms with Gasteiger partial charge in [-0.2, -0.15) is 5.10 Å². The third-order valence-corrected chi connectivity index (χ3v) is 3.37. The Kier molecular flexibility index (Phi) is 2.51. The number of hydrogen-bond acceptors (Lipinski definition) is 5. The fourth-order valence-corrected chi connectivity index (χ4v) is 2.28. The molecule has 2 heterocycles. The van der Waals surface area contributed by atoms with Crippen molar-refractivity contribution in [3.8, 4) is 11.3 Å². The Hall–Kier alpha value is -1.34. The summed E-state index contributed by atoms with van der Waals surface area (Å²) < 4.78 is 28.9. The van der Waals surface area contributed by atoms with Crippen LogP contribution in [0.2, 0.25) is 0 Å². The summed E-state index contributed by atoms with van der Waals surface area (Å²) in [5.41, 5.74) is 1.19. The zero-order valence-electron chi connectivity index (χ0n) is 8.51. The molecule has 0 aliphatic heterocycles. The maximum Gasteiger partial charge on any atom is 0.266 e. The lowest BCUT2D eigenvalue weighted by molar-refractivity contribution is 0.430. The topological polar surface area (TPSA) is 78.0 Å². The monoisotopic (exact) mass is 261 g/mol. The van der Waals surface area contributed by atoms with Crippen molar-refractivity contribution in [3.05, 3.63) is 18.1 Å². The van der Waals surface area contributed by atoms with Crippen LogP contribution >= 0.6 is 10.7 Å². The summed E-state index contributed by atoms with van der Waals surface area (Å²) in [6.07, 6.45) is 2.71. The van der Waals surface area contributed by atoms with Crippen molar-refractivity contribution in [1.29, 1.82) is 0 Å². The molecule has 0 bridgehead atoms. The normalized spacial score (nSPS) is 11.9. The zero-order valence-corrected chi connectivity index (χ0v) is 10.1. The van der Waals surface area contributed by atoms with Crippen LogP contribution in [0.15, 0.2) is 21.8 Å². The number of nitrogens with zero attached hydrogens (tertiary/aromatic N) is 3. The molecule has 0 radical (unpaired) electrons. The van der Waals surface area contributed by atoms with E-state index in [4.69, 9.17) is 15.2 Å². The highest BCUT2D eigenvalue weighted by molar-refractivity contribution is 8.13. The molecule has 0 unspecified atom stereocenters. The maximum atomic E-state index is 11.2. The lowest BCUT2D eigenvalue weighted by atomic mass is 10.2. The van der Waals surface area contributed by atoms with Crippen LogP contribution in [0.5, 0.6) is 0 Å². The van der Waals surface area contributed by atoms with Crippen molar-refractivity contribution in [3.63, 3.8) is 0 Å². The van der Waals surface area contributed by atoms with E-state index in [0.29, 0.717) is 11.3 Å². The molecule has 0 saturated heterocycles. The Bertz CT molecular complexity index is 629. The van der Waals surface area contributed by atoms with Gasteiger partial charge in [-0.05, 0) is 6.92 Å². The Balaban J connectivity index is 2.67. The van der Waals surface area contributed by atoms with E-state index in [2.05, 4.69) is 10.3 Å². The van der Waals surface area contributed by atoms with E-state index in [-0.39, 0.29) is 10.7 Å². The fraction of sp³-hybridized carbons (Fsp3) is 0.250. The molecule has 0 spiro atoms. The molecule has 0 aromatic carbocycles. The van der Waals surface area contributed by atoms with Crippen molar-refractivity contribution >= 4 is 19.7 Å². The molecule has 6 nitrogen and oxygen atoms in total. The first-order valence-corrected chi connectivity index (χ1v) is 6.60. The van der Waals surface area contributed by atoms with Crippen LogP contribution in [0.25, 0.3) is 11.3 Å². The molecule has 0 aliphatic carbocycles. The van der Waals surface area contributed by atoms with E-state index in [0.717, 1.165) is 6.20 Å². The minimum atomic E-state index is -3.87. The van der Waals surface area contributed by atoms with Gasteiger partial charge in [0.05, 0.1) is 17.5 Å². The molecule has 86 valence electrons. The quantitative estimate of drug-likeness (QED) is 0.762. The summed E-state index contributed by atoms with van der Waals surface area (Å²) in [5.74, 6) is 0.112. The van der Waals surface area contributed by atoms with E-state index in [1.807, 2.05) is 0 Å². The summed E-state index contributed by atoms with van der Waals surface area (Å²) in [6.45, 7) is 1.74. The maximum absolute atomic E-state index is 11.2. The Labute approximate surface area is 96.2 Å². The highest BCUT2D eigenvalue weighted by Gasteiger charge is 2.24. The van der Waals surface area contributed by atoms with Gasteiger partial charge in [0.1, 0.15) is 0 Å². The third-order valence-electron chi connectivity index (χ3n) is 2.06. The first-order chi connectivity index (χ1) is 7.39. The highest BCUT2D eigenvalue weighted by Crippen LogP contribution is 2.30. The summed E-state index contributed by atoms with van der Waals surface area (Å²) in [4.78, 5) is -0.148. The minimum Gasteiger partial charge on any atom is -0.355 e. The summed E-state index contributed by atoms with van der Waals surface area (Å²) >= 11 is 0. The molecular weight excluding hydrogens is 254 g/mol. The van der Waals surface area contributed by atoms with Crippen LogP contribution in [0.3, 0.4) is 0 Å². The van der Waals surface area contributed by atoms with Gasteiger partial charge in [-0.3, -0.25) is 4.68 Å².